The Morgan fingerprint density at radius 2 is 1.96 bits per heavy atom. The van der Waals surface area contributed by atoms with Crippen LogP contribution in [0.5, 0.6) is 0 Å². The number of benzene rings is 1. The number of fused-ring (bicyclic) bond motifs is 2. The van der Waals surface area contributed by atoms with Gasteiger partial charge in [0.1, 0.15) is 9.88 Å². The highest BCUT2D eigenvalue weighted by atomic mass is 32.1. The maximum atomic E-state index is 12.4. The molecular formula is C20H23N3O2S. The molecule has 2 saturated carbocycles. The van der Waals surface area contributed by atoms with Crippen LogP contribution >= 0.6 is 11.3 Å². The monoisotopic (exact) mass is 369 g/mol. The van der Waals surface area contributed by atoms with Gasteiger partial charge in [-0.15, -0.1) is 11.3 Å². The van der Waals surface area contributed by atoms with E-state index in [0.717, 1.165) is 16.5 Å². The van der Waals surface area contributed by atoms with E-state index in [-0.39, 0.29) is 11.8 Å². The number of hydrogen-bond acceptors (Lipinski definition) is 4. The molecule has 136 valence electrons. The summed E-state index contributed by atoms with van der Waals surface area (Å²) in [6, 6.07) is 9.78. The normalized spacial score (nSPS) is 23.8. The van der Waals surface area contributed by atoms with Crippen molar-refractivity contribution in [2.24, 2.45) is 17.8 Å². The second-order valence-corrected chi connectivity index (χ2v) is 8.44. The zero-order valence-corrected chi connectivity index (χ0v) is 15.6. The van der Waals surface area contributed by atoms with E-state index >= 15 is 0 Å². The molecule has 2 N–H and O–H groups in total. The summed E-state index contributed by atoms with van der Waals surface area (Å²) in [5.74, 6) is 1.62. The standard InChI is InChI=1S/C20H23N3O2S/c1-12-18(26-20(21-12)14-5-3-2-4-6-14)19(25)23-22-17(24)11-16-10-13-7-8-15(16)9-13/h2-6,13,15-16H,7-11H2,1H3,(H,22,24)(H,23,25)/t13-,15-,16-/m1/s1. The van der Waals surface area contributed by atoms with Crippen LogP contribution < -0.4 is 10.9 Å². The lowest BCUT2D eigenvalue weighted by atomic mass is 9.86. The lowest BCUT2D eigenvalue weighted by molar-refractivity contribution is -0.123. The number of nitrogens with one attached hydrogen (secondary N) is 2. The lowest BCUT2D eigenvalue weighted by Gasteiger charge is -2.20. The van der Waals surface area contributed by atoms with Gasteiger partial charge in [0, 0.05) is 12.0 Å². The number of amides is 2. The van der Waals surface area contributed by atoms with Crippen LogP contribution in [0.2, 0.25) is 0 Å². The summed E-state index contributed by atoms with van der Waals surface area (Å²) in [7, 11) is 0. The van der Waals surface area contributed by atoms with Crippen LogP contribution in [0.4, 0.5) is 0 Å². The van der Waals surface area contributed by atoms with Crippen molar-refractivity contribution in [3.05, 3.63) is 40.9 Å². The van der Waals surface area contributed by atoms with Crippen LogP contribution in [0.3, 0.4) is 0 Å². The molecule has 2 aliphatic carbocycles. The molecule has 2 aliphatic rings. The Morgan fingerprint density at radius 3 is 2.65 bits per heavy atom. The first-order chi connectivity index (χ1) is 12.6. The van der Waals surface area contributed by atoms with Crippen molar-refractivity contribution < 1.29 is 9.59 Å². The first-order valence-corrected chi connectivity index (χ1v) is 10.0. The quantitative estimate of drug-likeness (QED) is 0.807. The first-order valence-electron chi connectivity index (χ1n) is 9.22. The SMILES string of the molecule is Cc1nc(-c2ccccc2)sc1C(=O)NNC(=O)C[C@H]1C[C@@H]2CC[C@@H]1C2. The van der Waals surface area contributed by atoms with E-state index < -0.39 is 0 Å². The minimum Gasteiger partial charge on any atom is -0.273 e. The molecule has 1 aromatic heterocycles. The summed E-state index contributed by atoms with van der Waals surface area (Å²) in [5.41, 5.74) is 6.80. The van der Waals surface area contributed by atoms with Gasteiger partial charge in [0.2, 0.25) is 5.91 Å². The molecule has 4 rings (SSSR count). The minimum absolute atomic E-state index is 0.0960. The number of hydrogen-bond donors (Lipinski definition) is 2. The van der Waals surface area contributed by atoms with E-state index in [1.807, 2.05) is 37.3 Å². The van der Waals surface area contributed by atoms with Gasteiger partial charge >= 0.3 is 0 Å². The summed E-state index contributed by atoms with van der Waals surface area (Å²) in [4.78, 5) is 29.6. The van der Waals surface area contributed by atoms with E-state index in [0.29, 0.717) is 28.8 Å². The van der Waals surface area contributed by atoms with Crippen LogP contribution in [-0.4, -0.2) is 16.8 Å². The molecule has 2 bridgehead atoms. The Labute approximate surface area is 157 Å². The van der Waals surface area contributed by atoms with Crippen LogP contribution in [-0.2, 0) is 4.79 Å². The van der Waals surface area contributed by atoms with Gasteiger partial charge in [0.05, 0.1) is 5.69 Å². The van der Waals surface area contributed by atoms with Gasteiger partial charge in [-0.2, -0.15) is 0 Å². The van der Waals surface area contributed by atoms with E-state index in [2.05, 4.69) is 15.8 Å². The highest BCUT2D eigenvalue weighted by molar-refractivity contribution is 7.17. The average molecular weight is 369 g/mol. The predicted molar refractivity (Wildman–Crippen MR) is 101 cm³/mol. The molecule has 5 nitrogen and oxygen atoms in total. The molecule has 2 fully saturated rings. The second-order valence-electron chi connectivity index (χ2n) is 7.44. The topological polar surface area (TPSA) is 71.1 Å². The Kier molecular flexibility index (Phi) is 4.76. The van der Waals surface area contributed by atoms with Crippen LogP contribution in [0.15, 0.2) is 30.3 Å². The molecule has 0 saturated heterocycles. The van der Waals surface area contributed by atoms with Crippen molar-refractivity contribution in [2.45, 2.75) is 39.0 Å². The molecule has 26 heavy (non-hydrogen) atoms. The van der Waals surface area contributed by atoms with Crippen LogP contribution in [0.25, 0.3) is 10.6 Å². The van der Waals surface area contributed by atoms with Crippen molar-refractivity contribution in [1.29, 1.82) is 0 Å². The molecule has 0 aliphatic heterocycles. The van der Waals surface area contributed by atoms with Crippen LogP contribution in [0, 0.1) is 24.7 Å². The van der Waals surface area contributed by atoms with Crippen molar-refractivity contribution in [3.8, 4) is 10.6 Å². The van der Waals surface area contributed by atoms with Gasteiger partial charge < -0.3 is 0 Å². The molecule has 2 amide bonds. The van der Waals surface area contributed by atoms with E-state index in [1.54, 1.807) is 0 Å². The second kappa shape index (κ2) is 7.19. The maximum absolute atomic E-state index is 12.4. The molecule has 1 aromatic carbocycles. The third-order valence-electron chi connectivity index (χ3n) is 5.67. The number of carbonyl (C=O) groups excluding carboxylic acids is 2. The van der Waals surface area contributed by atoms with Gasteiger partial charge in [-0.3, -0.25) is 20.4 Å². The highest BCUT2D eigenvalue weighted by Crippen LogP contribution is 2.49. The summed E-state index contributed by atoms with van der Waals surface area (Å²) in [5, 5.41) is 0.807. The molecule has 0 spiro atoms. The van der Waals surface area contributed by atoms with E-state index in [4.69, 9.17) is 0 Å². The largest absolute Gasteiger partial charge is 0.281 e. The molecule has 0 unspecified atom stereocenters. The smallest absolute Gasteiger partial charge is 0.273 e. The molecule has 1 heterocycles. The lowest BCUT2D eigenvalue weighted by Crippen LogP contribution is -2.42. The zero-order valence-electron chi connectivity index (χ0n) is 14.8. The summed E-state index contributed by atoms with van der Waals surface area (Å²) >= 11 is 1.34. The van der Waals surface area contributed by atoms with Crippen molar-refractivity contribution in [1.82, 2.24) is 15.8 Å². The Morgan fingerprint density at radius 1 is 1.15 bits per heavy atom. The number of aromatic nitrogens is 1. The third kappa shape index (κ3) is 3.51. The van der Waals surface area contributed by atoms with Gasteiger partial charge in [-0.25, -0.2) is 4.98 Å². The molecule has 0 radical (unpaired) electrons. The van der Waals surface area contributed by atoms with Gasteiger partial charge in [-0.05, 0) is 43.9 Å². The van der Waals surface area contributed by atoms with E-state index in [9.17, 15) is 9.59 Å². The minimum atomic E-state index is -0.302. The Bertz CT molecular complexity index is 818. The van der Waals surface area contributed by atoms with Crippen LogP contribution in [0.1, 0.15) is 47.5 Å². The fraction of sp³-hybridized carbons (Fsp3) is 0.450. The molecule has 6 heteroatoms. The summed E-state index contributed by atoms with van der Waals surface area (Å²) < 4.78 is 0. The van der Waals surface area contributed by atoms with Gasteiger partial charge in [0.15, 0.2) is 0 Å². The number of aryl methyl sites for hydroxylation is 1. The third-order valence-corrected chi connectivity index (χ3v) is 6.88. The fourth-order valence-corrected chi connectivity index (χ4v) is 5.38. The van der Waals surface area contributed by atoms with Gasteiger partial charge in [-0.1, -0.05) is 36.8 Å². The average Bonchev–Trinajstić information content (AvgIpc) is 3.36. The van der Waals surface area contributed by atoms with E-state index in [1.165, 1.54) is 37.0 Å². The van der Waals surface area contributed by atoms with Crippen molar-refractivity contribution in [3.63, 3.8) is 0 Å². The molecule has 2 aromatic rings. The Balaban J connectivity index is 1.33. The summed E-state index contributed by atoms with van der Waals surface area (Å²) in [6.45, 7) is 1.81. The highest BCUT2D eigenvalue weighted by Gasteiger charge is 2.40. The van der Waals surface area contributed by atoms with Gasteiger partial charge in [0.25, 0.3) is 5.91 Å². The zero-order chi connectivity index (χ0) is 18.1. The number of thiazole rings is 1. The number of carbonyl (C=O) groups is 2. The molecular weight excluding hydrogens is 346 g/mol. The molecule has 3 atom stereocenters. The number of hydrazine groups is 1. The van der Waals surface area contributed by atoms with Crippen molar-refractivity contribution >= 4 is 23.2 Å². The van der Waals surface area contributed by atoms with Crippen molar-refractivity contribution in [2.75, 3.05) is 0 Å². The number of rotatable bonds is 4. The maximum Gasteiger partial charge on any atom is 0.281 e. The summed E-state index contributed by atoms with van der Waals surface area (Å²) in [6.07, 6.45) is 5.55. The Hall–Kier alpha value is -2.21. The number of nitrogens with zero attached hydrogens (tertiary/aromatic N) is 1. The predicted octanol–water partition coefficient (Wildman–Crippen LogP) is 3.71. The fourth-order valence-electron chi connectivity index (χ4n) is 4.41. The first kappa shape index (κ1) is 17.2.